The number of rotatable bonds is 2. The molecule has 0 spiro atoms. The molecule has 1 heterocycles. The zero-order valence-electron chi connectivity index (χ0n) is 9.91. The van der Waals surface area contributed by atoms with Gasteiger partial charge in [-0.25, -0.2) is 0 Å². The Kier molecular flexibility index (Phi) is 3.57. The average molecular weight is 355 g/mol. The number of halogens is 3. The van der Waals surface area contributed by atoms with Gasteiger partial charge in [-0.2, -0.15) is 0 Å². The number of hydrogen-bond donors (Lipinski definition) is 0. The number of benzene rings is 2. The molecule has 2 aromatic carbocycles. The molecule has 0 radical (unpaired) electrons. The lowest BCUT2D eigenvalue weighted by molar-refractivity contribution is 0.837. The number of aromatic nitrogens is 1. The normalized spacial score (nSPS) is 11.1. The molecule has 1 aromatic heterocycles. The molecule has 0 aliphatic heterocycles. The SMILES string of the molecule is Clc1ccc(Cn2ccc3c(Br)cccc32)c(Cl)c1. The van der Waals surface area contributed by atoms with Crippen LogP contribution in [0.5, 0.6) is 0 Å². The molecule has 0 amide bonds. The predicted octanol–water partition coefficient (Wildman–Crippen LogP) is 5.76. The Balaban J connectivity index is 2.04. The lowest BCUT2D eigenvalue weighted by Gasteiger charge is -2.08. The lowest BCUT2D eigenvalue weighted by Crippen LogP contribution is -1.98. The van der Waals surface area contributed by atoms with Gasteiger partial charge < -0.3 is 4.57 Å². The van der Waals surface area contributed by atoms with Crippen molar-refractivity contribution in [2.24, 2.45) is 0 Å². The van der Waals surface area contributed by atoms with Crippen molar-refractivity contribution >= 4 is 50.0 Å². The van der Waals surface area contributed by atoms with E-state index in [1.165, 1.54) is 10.9 Å². The highest BCUT2D eigenvalue weighted by molar-refractivity contribution is 9.10. The first kappa shape index (κ1) is 13.0. The van der Waals surface area contributed by atoms with Gasteiger partial charge in [0.1, 0.15) is 0 Å². The summed E-state index contributed by atoms with van der Waals surface area (Å²) in [7, 11) is 0. The van der Waals surface area contributed by atoms with Gasteiger partial charge in [-0.05, 0) is 35.9 Å². The minimum absolute atomic E-state index is 0.661. The van der Waals surface area contributed by atoms with Crippen molar-refractivity contribution in [3.05, 3.63) is 68.7 Å². The summed E-state index contributed by atoms with van der Waals surface area (Å²) in [5.41, 5.74) is 2.24. The van der Waals surface area contributed by atoms with Gasteiger partial charge >= 0.3 is 0 Å². The van der Waals surface area contributed by atoms with Crippen LogP contribution < -0.4 is 0 Å². The maximum Gasteiger partial charge on any atom is 0.0494 e. The van der Waals surface area contributed by atoms with E-state index in [9.17, 15) is 0 Å². The van der Waals surface area contributed by atoms with Crippen LogP contribution in [0.15, 0.2) is 53.1 Å². The Morgan fingerprint density at radius 1 is 1.05 bits per heavy atom. The van der Waals surface area contributed by atoms with Gasteiger partial charge in [-0.1, -0.05) is 51.3 Å². The molecule has 4 heteroatoms. The van der Waals surface area contributed by atoms with Gasteiger partial charge in [0.15, 0.2) is 0 Å². The molecular weight excluding hydrogens is 345 g/mol. The van der Waals surface area contributed by atoms with Crippen LogP contribution in [0.2, 0.25) is 10.0 Å². The van der Waals surface area contributed by atoms with E-state index >= 15 is 0 Å². The lowest BCUT2D eigenvalue weighted by atomic mass is 10.2. The molecule has 0 aliphatic rings. The molecule has 0 aliphatic carbocycles. The van der Waals surface area contributed by atoms with Crippen molar-refractivity contribution < 1.29 is 0 Å². The van der Waals surface area contributed by atoms with E-state index in [1.54, 1.807) is 6.07 Å². The quantitative estimate of drug-likeness (QED) is 0.551. The average Bonchev–Trinajstić information content (AvgIpc) is 2.78. The maximum absolute atomic E-state index is 6.22. The minimum atomic E-state index is 0.661. The van der Waals surface area contributed by atoms with Gasteiger partial charge in [0, 0.05) is 38.2 Å². The van der Waals surface area contributed by atoms with Gasteiger partial charge in [0.2, 0.25) is 0 Å². The van der Waals surface area contributed by atoms with Crippen LogP contribution in [0.3, 0.4) is 0 Å². The van der Waals surface area contributed by atoms with Crippen molar-refractivity contribution in [3.8, 4) is 0 Å². The highest BCUT2D eigenvalue weighted by Gasteiger charge is 2.06. The van der Waals surface area contributed by atoms with Crippen molar-refractivity contribution in [3.63, 3.8) is 0 Å². The Hall–Kier alpha value is -0.960. The Bertz CT molecular complexity index is 749. The monoisotopic (exact) mass is 353 g/mol. The minimum Gasteiger partial charge on any atom is -0.343 e. The first-order chi connectivity index (χ1) is 9.15. The first-order valence-corrected chi connectivity index (χ1v) is 7.37. The standard InChI is InChI=1S/C15H10BrCl2N/c16-13-2-1-3-15-12(13)6-7-19(15)9-10-4-5-11(17)8-14(10)18/h1-8H,9H2. The Labute approximate surface area is 129 Å². The summed E-state index contributed by atoms with van der Waals surface area (Å²) in [5, 5.41) is 2.56. The molecule has 19 heavy (non-hydrogen) atoms. The van der Waals surface area contributed by atoms with Crippen LogP contribution in [-0.2, 0) is 6.54 Å². The molecule has 0 bridgehead atoms. The third-order valence-electron chi connectivity index (χ3n) is 3.12. The highest BCUT2D eigenvalue weighted by atomic mass is 79.9. The zero-order chi connectivity index (χ0) is 13.4. The zero-order valence-corrected chi connectivity index (χ0v) is 13.0. The van der Waals surface area contributed by atoms with E-state index in [-0.39, 0.29) is 0 Å². The van der Waals surface area contributed by atoms with Gasteiger partial charge in [0.25, 0.3) is 0 Å². The summed E-state index contributed by atoms with van der Waals surface area (Å²) in [5.74, 6) is 0. The number of nitrogens with zero attached hydrogens (tertiary/aromatic N) is 1. The van der Waals surface area contributed by atoms with Crippen LogP contribution in [0.4, 0.5) is 0 Å². The molecule has 3 rings (SSSR count). The largest absolute Gasteiger partial charge is 0.343 e. The molecule has 0 unspecified atom stereocenters. The number of hydrogen-bond acceptors (Lipinski definition) is 0. The summed E-state index contributed by atoms with van der Waals surface area (Å²) < 4.78 is 3.28. The topological polar surface area (TPSA) is 4.93 Å². The van der Waals surface area contributed by atoms with Crippen LogP contribution >= 0.6 is 39.1 Å². The molecule has 1 nitrogen and oxygen atoms in total. The summed E-state index contributed by atoms with van der Waals surface area (Å²) >= 11 is 15.7. The summed E-state index contributed by atoms with van der Waals surface area (Å²) in [4.78, 5) is 0. The highest BCUT2D eigenvalue weighted by Crippen LogP contribution is 2.27. The fourth-order valence-corrected chi connectivity index (χ4v) is 3.11. The van der Waals surface area contributed by atoms with E-state index in [4.69, 9.17) is 23.2 Å². The smallest absolute Gasteiger partial charge is 0.0494 e. The molecule has 3 aromatic rings. The van der Waals surface area contributed by atoms with E-state index < -0.39 is 0 Å². The molecule has 0 atom stereocenters. The van der Waals surface area contributed by atoms with Gasteiger partial charge in [-0.15, -0.1) is 0 Å². The maximum atomic E-state index is 6.22. The van der Waals surface area contributed by atoms with E-state index in [0.717, 1.165) is 16.6 Å². The second-order valence-corrected chi connectivity index (χ2v) is 6.05. The fraction of sp³-hybridized carbons (Fsp3) is 0.0667. The summed E-state index contributed by atoms with van der Waals surface area (Å²) in [6, 6.07) is 13.9. The summed E-state index contributed by atoms with van der Waals surface area (Å²) in [6.07, 6.45) is 2.07. The molecule has 96 valence electrons. The molecule has 0 saturated heterocycles. The van der Waals surface area contributed by atoms with Gasteiger partial charge in [0.05, 0.1) is 0 Å². The third kappa shape index (κ3) is 2.53. The van der Waals surface area contributed by atoms with Crippen LogP contribution in [-0.4, -0.2) is 4.57 Å². The number of fused-ring (bicyclic) bond motifs is 1. The van der Waals surface area contributed by atoms with E-state index in [0.29, 0.717) is 10.0 Å². The van der Waals surface area contributed by atoms with Crippen molar-refractivity contribution in [2.45, 2.75) is 6.54 Å². The van der Waals surface area contributed by atoms with Gasteiger partial charge in [-0.3, -0.25) is 0 Å². The summed E-state index contributed by atoms with van der Waals surface area (Å²) in [6.45, 7) is 0.732. The molecule has 0 N–H and O–H groups in total. The second kappa shape index (κ2) is 5.20. The van der Waals surface area contributed by atoms with Crippen LogP contribution in [0.25, 0.3) is 10.9 Å². The Morgan fingerprint density at radius 3 is 2.68 bits per heavy atom. The second-order valence-electron chi connectivity index (χ2n) is 4.35. The first-order valence-electron chi connectivity index (χ1n) is 5.82. The predicted molar refractivity (Wildman–Crippen MR) is 85.2 cm³/mol. The van der Waals surface area contributed by atoms with Crippen LogP contribution in [0.1, 0.15) is 5.56 Å². The molecule has 0 fully saturated rings. The van der Waals surface area contributed by atoms with Crippen molar-refractivity contribution in [1.82, 2.24) is 4.57 Å². The fourth-order valence-electron chi connectivity index (χ4n) is 2.16. The Morgan fingerprint density at radius 2 is 1.89 bits per heavy atom. The van der Waals surface area contributed by atoms with E-state index in [1.807, 2.05) is 24.3 Å². The van der Waals surface area contributed by atoms with E-state index in [2.05, 4.69) is 38.8 Å². The van der Waals surface area contributed by atoms with Crippen molar-refractivity contribution in [2.75, 3.05) is 0 Å². The third-order valence-corrected chi connectivity index (χ3v) is 4.39. The molecule has 0 saturated carbocycles. The molecular formula is C15H10BrCl2N. The van der Waals surface area contributed by atoms with Crippen LogP contribution in [0, 0.1) is 0 Å². The van der Waals surface area contributed by atoms with Crippen molar-refractivity contribution in [1.29, 1.82) is 0 Å².